The van der Waals surface area contributed by atoms with Crippen molar-refractivity contribution in [2.75, 3.05) is 19.7 Å². The third-order valence-corrected chi connectivity index (χ3v) is 7.15. The number of nitrogens with one attached hydrogen (secondary N) is 1. The van der Waals surface area contributed by atoms with Gasteiger partial charge in [0.2, 0.25) is 5.91 Å². The zero-order valence-electron chi connectivity index (χ0n) is 20.7. The van der Waals surface area contributed by atoms with E-state index in [9.17, 15) is 40.5 Å². The molecule has 5 unspecified atom stereocenters. The molecule has 222 valence electrons. The van der Waals surface area contributed by atoms with E-state index in [-0.39, 0.29) is 25.9 Å². The number of carbonyl (C=O) groups is 1. The van der Waals surface area contributed by atoms with Crippen molar-refractivity contribution in [3.05, 3.63) is 0 Å². The van der Waals surface area contributed by atoms with E-state index in [2.05, 4.69) is 5.32 Å². The molecule has 17 nitrogen and oxygen atoms in total. The van der Waals surface area contributed by atoms with Crippen molar-refractivity contribution in [3.63, 3.8) is 0 Å². The molecular formula is C21H41N5O12. The van der Waals surface area contributed by atoms with Crippen LogP contribution in [0.4, 0.5) is 0 Å². The molecule has 1 amide bonds. The summed E-state index contributed by atoms with van der Waals surface area (Å²) >= 11 is 0. The van der Waals surface area contributed by atoms with Crippen molar-refractivity contribution < 1.29 is 59.5 Å². The van der Waals surface area contributed by atoms with Gasteiger partial charge in [0.15, 0.2) is 12.6 Å². The topological polar surface area (TPSA) is 312 Å². The third-order valence-electron chi connectivity index (χ3n) is 7.15. The molecule has 3 aliphatic rings. The molecule has 0 aromatic rings. The van der Waals surface area contributed by atoms with Gasteiger partial charge in [-0.3, -0.25) is 4.79 Å². The Morgan fingerprint density at radius 1 is 0.895 bits per heavy atom. The maximum atomic E-state index is 12.4. The van der Waals surface area contributed by atoms with Gasteiger partial charge in [-0.25, -0.2) is 0 Å². The van der Waals surface area contributed by atoms with Crippen LogP contribution in [0.2, 0.25) is 0 Å². The van der Waals surface area contributed by atoms with Crippen LogP contribution < -0.4 is 28.3 Å². The van der Waals surface area contributed by atoms with Crippen molar-refractivity contribution >= 4 is 5.91 Å². The van der Waals surface area contributed by atoms with Crippen LogP contribution in [0, 0.1) is 0 Å². The summed E-state index contributed by atoms with van der Waals surface area (Å²) in [7, 11) is 0. The normalized spacial score (nSPS) is 46.6. The first kappa shape index (κ1) is 31.4. The molecule has 38 heavy (non-hydrogen) atoms. The lowest BCUT2D eigenvalue weighted by molar-refractivity contribution is -0.307. The van der Waals surface area contributed by atoms with Gasteiger partial charge in [0.05, 0.1) is 18.7 Å². The van der Waals surface area contributed by atoms with Crippen LogP contribution in [0.5, 0.6) is 0 Å². The van der Waals surface area contributed by atoms with Crippen molar-refractivity contribution in [1.29, 1.82) is 0 Å². The monoisotopic (exact) mass is 555 g/mol. The molecule has 0 aromatic carbocycles. The van der Waals surface area contributed by atoms with Crippen molar-refractivity contribution in [3.8, 4) is 0 Å². The largest absolute Gasteiger partial charge is 0.394 e. The second-order valence-electron chi connectivity index (χ2n) is 9.84. The Morgan fingerprint density at radius 3 is 2.08 bits per heavy atom. The van der Waals surface area contributed by atoms with E-state index in [1.807, 2.05) is 0 Å². The Bertz CT molecular complexity index is 770. The number of aliphatic hydroxyl groups is 7. The predicted molar refractivity (Wildman–Crippen MR) is 125 cm³/mol. The van der Waals surface area contributed by atoms with Crippen LogP contribution in [-0.2, 0) is 23.7 Å². The summed E-state index contributed by atoms with van der Waals surface area (Å²) in [6, 6.07) is -3.29. The molecule has 1 saturated carbocycles. The number of hydrogen-bond acceptors (Lipinski definition) is 16. The molecule has 2 saturated heterocycles. The van der Waals surface area contributed by atoms with Gasteiger partial charge >= 0.3 is 0 Å². The van der Waals surface area contributed by atoms with Crippen molar-refractivity contribution in [2.45, 2.75) is 105 Å². The summed E-state index contributed by atoms with van der Waals surface area (Å²) in [5.74, 6) is -0.807. The Balaban J connectivity index is 1.84. The van der Waals surface area contributed by atoms with E-state index in [4.69, 9.17) is 41.9 Å². The summed E-state index contributed by atoms with van der Waals surface area (Å²) < 4.78 is 22.7. The summed E-state index contributed by atoms with van der Waals surface area (Å²) in [6.45, 7) is -0.764. The molecule has 17 heteroatoms. The average molecular weight is 556 g/mol. The summed E-state index contributed by atoms with van der Waals surface area (Å²) in [6.07, 6.45) is -16.9. The SMILES string of the molecule is NCC[C@H](O)C(=O)N[C@@H]1CC(N)[C@H](O[C@@H]2OC(CN)[C@H](O)[C@H](O)C2N)[C@H](O[C@@H]2O[C@H](CO)[C@H](O)C2O)C1O. The van der Waals surface area contributed by atoms with E-state index < -0.39 is 104 Å². The maximum Gasteiger partial charge on any atom is 0.249 e. The minimum atomic E-state index is -1.62. The fourth-order valence-corrected chi connectivity index (χ4v) is 4.84. The molecule has 1 aliphatic carbocycles. The number of ether oxygens (including phenoxy) is 4. The minimum Gasteiger partial charge on any atom is -0.394 e. The van der Waals surface area contributed by atoms with Gasteiger partial charge in [-0.2, -0.15) is 0 Å². The first-order valence-corrected chi connectivity index (χ1v) is 12.5. The number of amides is 1. The minimum absolute atomic E-state index is 0.0255. The number of rotatable bonds is 10. The Kier molecular flexibility index (Phi) is 11.1. The molecule has 3 rings (SSSR count). The lowest BCUT2D eigenvalue weighted by Crippen LogP contribution is -2.69. The van der Waals surface area contributed by atoms with Crippen LogP contribution in [0.1, 0.15) is 12.8 Å². The van der Waals surface area contributed by atoms with E-state index in [0.717, 1.165) is 0 Å². The summed E-state index contributed by atoms with van der Waals surface area (Å²) in [5, 5.41) is 74.0. The van der Waals surface area contributed by atoms with Crippen LogP contribution in [0.15, 0.2) is 0 Å². The quantitative estimate of drug-likeness (QED) is 0.119. The fraction of sp³-hybridized carbons (Fsp3) is 0.952. The molecule has 0 bridgehead atoms. The maximum absolute atomic E-state index is 12.4. The lowest BCUT2D eigenvalue weighted by atomic mass is 9.83. The molecule has 15 atom stereocenters. The second-order valence-corrected chi connectivity index (χ2v) is 9.84. The number of hydrogen-bond donors (Lipinski definition) is 12. The van der Waals surface area contributed by atoms with E-state index >= 15 is 0 Å². The molecule has 16 N–H and O–H groups in total. The fourth-order valence-electron chi connectivity index (χ4n) is 4.84. The summed E-state index contributed by atoms with van der Waals surface area (Å²) in [4.78, 5) is 12.4. The Hall–Kier alpha value is -1.13. The molecule has 0 aromatic heterocycles. The molecule has 3 fully saturated rings. The highest BCUT2D eigenvalue weighted by atomic mass is 16.7. The molecular weight excluding hydrogens is 514 g/mol. The van der Waals surface area contributed by atoms with Gasteiger partial charge in [-0.05, 0) is 19.4 Å². The van der Waals surface area contributed by atoms with E-state index in [0.29, 0.717) is 0 Å². The number of aliphatic hydroxyl groups excluding tert-OH is 7. The Morgan fingerprint density at radius 2 is 1.50 bits per heavy atom. The van der Waals surface area contributed by atoms with Crippen LogP contribution >= 0.6 is 0 Å². The molecule has 0 radical (unpaired) electrons. The zero-order valence-corrected chi connectivity index (χ0v) is 20.7. The summed E-state index contributed by atoms with van der Waals surface area (Å²) in [5.41, 5.74) is 23.3. The third kappa shape index (κ3) is 6.60. The van der Waals surface area contributed by atoms with Crippen molar-refractivity contribution in [2.24, 2.45) is 22.9 Å². The van der Waals surface area contributed by atoms with Gasteiger partial charge in [-0.1, -0.05) is 0 Å². The second kappa shape index (κ2) is 13.5. The van der Waals surface area contributed by atoms with Crippen LogP contribution in [0.25, 0.3) is 0 Å². The molecule has 2 heterocycles. The van der Waals surface area contributed by atoms with Gasteiger partial charge in [0.25, 0.3) is 0 Å². The highest BCUT2D eigenvalue weighted by Gasteiger charge is 2.53. The molecule has 2 aliphatic heterocycles. The highest BCUT2D eigenvalue weighted by molar-refractivity contribution is 5.80. The lowest BCUT2D eigenvalue weighted by Gasteiger charge is -2.48. The van der Waals surface area contributed by atoms with Gasteiger partial charge in [0.1, 0.15) is 61.0 Å². The predicted octanol–water partition coefficient (Wildman–Crippen LogP) is -7.79. The van der Waals surface area contributed by atoms with Gasteiger partial charge < -0.3 is 82.9 Å². The number of nitrogens with two attached hydrogens (primary N) is 4. The zero-order chi connectivity index (χ0) is 28.3. The number of carbonyl (C=O) groups excluding carboxylic acids is 1. The van der Waals surface area contributed by atoms with Crippen molar-refractivity contribution in [1.82, 2.24) is 5.32 Å². The first-order chi connectivity index (χ1) is 17.9. The van der Waals surface area contributed by atoms with Crippen LogP contribution in [0.3, 0.4) is 0 Å². The first-order valence-electron chi connectivity index (χ1n) is 12.5. The van der Waals surface area contributed by atoms with Gasteiger partial charge in [0, 0.05) is 12.6 Å². The average Bonchev–Trinajstić information content (AvgIpc) is 3.16. The van der Waals surface area contributed by atoms with E-state index in [1.54, 1.807) is 0 Å². The highest BCUT2D eigenvalue weighted by Crippen LogP contribution is 2.32. The van der Waals surface area contributed by atoms with E-state index in [1.165, 1.54) is 0 Å². The standard InChI is InChI=1S/C21H41N5O12/c22-2-1-8(28)19(34)26-7-3-6(24)17(37-20-11(25)15(32)13(30)9(4-23)35-20)18(12(7)29)38-21-16(33)14(31)10(5-27)36-21/h6-18,20-21,27-33H,1-5,22-25H2,(H,26,34)/t6?,7-,8+,9?,10-,11?,12?,13+,14+,15-,16?,17+,18-,20+,21+/m1/s1. The smallest absolute Gasteiger partial charge is 0.249 e. The molecule has 0 spiro atoms. The Labute approximate surface area is 218 Å². The van der Waals surface area contributed by atoms with Crippen LogP contribution in [-0.4, -0.2) is 153 Å². The van der Waals surface area contributed by atoms with Gasteiger partial charge in [-0.15, -0.1) is 0 Å².